The first kappa shape index (κ1) is 13.3. The number of anilines is 2. The molecule has 1 aromatic rings. The van der Waals surface area contributed by atoms with Crippen molar-refractivity contribution in [3.8, 4) is 0 Å². The maximum absolute atomic E-state index is 11.3. The molecule has 0 heterocycles. The van der Waals surface area contributed by atoms with Crippen molar-refractivity contribution in [2.45, 2.75) is 38.6 Å². The third-order valence-corrected chi connectivity index (χ3v) is 5.13. The number of nitrogens with one attached hydrogen (secondary N) is 1. The van der Waals surface area contributed by atoms with Crippen LogP contribution in [0.4, 0.5) is 11.4 Å². The highest BCUT2D eigenvalue weighted by Gasteiger charge is 2.42. The molecular weight excluding hydrogens is 252 g/mol. The van der Waals surface area contributed by atoms with Gasteiger partial charge in [0.05, 0.1) is 16.9 Å². The maximum Gasteiger partial charge on any atom is 0.337 e. The summed E-state index contributed by atoms with van der Waals surface area (Å²) in [5.74, 6) is 1.41. The fourth-order valence-electron chi connectivity index (χ4n) is 4.15. The van der Waals surface area contributed by atoms with Gasteiger partial charge in [0.15, 0.2) is 0 Å². The van der Waals surface area contributed by atoms with E-state index in [0.29, 0.717) is 17.3 Å². The second kappa shape index (κ2) is 5.00. The first-order valence-corrected chi connectivity index (χ1v) is 7.44. The lowest BCUT2D eigenvalue weighted by atomic mass is 9.84. The quantitative estimate of drug-likeness (QED) is 0.737. The predicted molar refractivity (Wildman–Crippen MR) is 79.8 cm³/mol. The van der Waals surface area contributed by atoms with Crippen LogP contribution in [0.5, 0.6) is 0 Å². The molecule has 2 aliphatic rings. The maximum atomic E-state index is 11.3. The van der Waals surface area contributed by atoms with Crippen molar-refractivity contribution in [3.05, 3.63) is 23.8 Å². The van der Waals surface area contributed by atoms with E-state index in [1.54, 1.807) is 18.2 Å². The Hall–Kier alpha value is -1.71. The lowest BCUT2D eigenvalue weighted by Crippen LogP contribution is -2.31. The second-order valence-electron chi connectivity index (χ2n) is 6.35. The van der Waals surface area contributed by atoms with Crippen molar-refractivity contribution >= 4 is 17.3 Å². The highest BCUT2D eigenvalue weighted by atomic mass is 16.4. The van der Waals surface area contributed by atoms with Gasteiger partial charge >= 0.3 is 5.97 Å². The van der Waals surface area contributed by atoms with Gasteiger partial charge in [-0.15, -0.1) is 0 Å². The molecule has 0 aromatic heterocycles. The summed E-state index contributed by atoms with van der Waals surface area (Å²) >= 11 is 0. The number of carboxylic acids is 1. The van der Waals surface area contributed by atoms with E-state index in [0.717, 1.165) is 11.8 Å². The van der Waals surface area contributed by atoms with E-state index in [1.807, 2.05) is 0 Å². The minimum absolute atomic E-state index is 0.264. The third-order valence-electron chi connectivity index (χ3n) is 5.13. The Morgan fingerprint density at radius 1 is 1.40 bits per heavy atom. The molecule has 0 amide bonds. The van der Waals surface area contributed by atoms with Crippen LogP contribution in [-0.4, -0.2) is 17.1 Å². The SMILES string of the molecule is CC(Nc1c(N)cccc1C(=O)O)C1CC2CCC1C2. The van der Waals surface area contributed by atoms with Crippen LogP contribution in [0.1, 0.15) is 43.0 Å². The largest absolute Gasteiger partial charge is 0.478 e. The number of nitrogen functional groups attached to an aromatic ring is 1. The normalized spacial score (nSPS) is 29.4. The second-order valence-corrected chi connectivity index (χ2v) is 6.35. The van der Waals surface area contributed by atoms with E-state index in [1.165, 1.54) is 25.7 Å². The predicted octanol–water partition coefficient (Wildman–Crippen LogP) is 3.20. The van der Waals surface area contributed by atoms with Gasteiger partial charge in [-0.05, 0) is 56.1 Å². The molecular formula is C16H22N2O2. The third kappa shape index (κ3) is 2.23. The molecule has 0 spiro atoms. The lowest BCUT2D eigenvalue weighted by molar-refractivity contribution is 0.0698. The summed E-state index contributed by atoms with van der Waals surface area (Å²) in [5, 5.41) is 12.7. The Morgan fingerprint density at radius 3 is 2.80 bits per heavy atom. The van der Waals surface area contributed by atoms with Gasteiger partial charge in [-0.25, -0.2) is 4.79 Å². The minimum atomic E-state index is -0.931. The van der Waals surface area contributed by atoms with Crippen LogP contribution in [0.3, 0.4) is 0 Å². The monoisotopic (exact) mass is 274 g/mol. The number of hydrogen-bond acceptors (Lipinski definition) is 3. The molecule has 4 heteroatoms. The number of benzene rings is 1. The van der Waals surface area contributed by atoms with Crippen LogP contribution in [-0.2, 0) is 0 Å². The molecule has 3 rings (SSSR count). The average molecular weight is 274 g/mol. The van der Waals surface area contributed by atoms with Crippen LogP contribution in [0.15, 0.2) is 18.2 Å². The van der Waals surface area contributed by atoms with Gasteiger partial charge in [-0.1, -0.05) is 12.5 Å². The molecule has 0 saturated heterocycles. The summed E-state index contributed by atoms with van der Waals surface area (Å²) in [6, 6.07) is 5.32. The van der Waals surface area contributed by atoms with Crippen LogP contribution in [0, 0.1) is 17.8 Å². The van der Waals surface area contributed by atoms with Crippen LogP contribution in [0.25, 0.3) is 0 Å². The fourth-order valence-corrected chi connectivity index (χ4v) is 4.15. The molecule has 4 nitrogen and oxygen atoms in total. The molecule has 4 unspecified atom stereocenters. The summed E-state index contributed by atoms with van der Waals surface area (Å²) in [4.78, 5) is 11.3. The fraction of sp³-hybridized carbons (Fsp3) is 0.562. The van der Waals surface area contributed by atoms with Crippen molar-refractivity contribution in [2.24, 2.45) is 17.8 Å². The Balaban J connectivity index is 1.79. The molecule has 0 radical (unpaired) electrons. The molecule has 20 heavy (non-hydrogen) atoms. The number of para-hydroxylation sites is 1. The van der Waals surface area contributed by atoms with Crippen molar-refractivity contribution in [2.75, 3.05) is 11.1 Å². The van der Waals surface area contributed by atoms with Gasteiger partial charge in [0.2, 0.25) is 0 Å². The van der Waals surface area contributed by atoms with E-state index in [9.17, 15) is 9.90 Å². The standard InChI is InChI=1S/C16H22N2O2/c1-9(13-8-10-5-6-11(13)7-10)18-15-12(16(19)20)3-2-4-14(15)17/h2-4,9-11,13,18H,5-8,17H2,1H3,(H,19,20). The summed E-state index contributed by atoms with van der Waals surface area (Å²) in [6.07, 6.45) is 5.33. The Kier molecular flexibility index (Phi) is 3.32. The van der Waals surface area contributed by atoms with Gasteiger partial charge in [-0.2, -0.15) is 0 Å². The highest BCUT2D eigenvalue weighted by Crippen LogP contribution is 2.50. The van der Waals surface area contributed by atoms with Gasteiger partial charge in [-0.3, -0.25) is 0 Å². The average Bonchev–Trinajstić information content (AvgIpc) is 3.03. The lowest BCUT2D eigenvalue weighted by Gasteiger charge is -2.30. The van der Waals surface area contributed by atoms with E-state index in [2.05, 4.69) is 12.2 Å². The molecule has 2 saturated carbocycles. The summed E-state index contributed by atoms with van der Waals surface area (Å²) in [5.41, 5.74) is 7.31. The first-order valence-electron chi connectivity index (χ1n) is 7.44. The van der Waals surface area contributed by atoms with Gasteiger partial charge in [0.1, 0.15) is 0 Å². The zero-order valence-corrected chi connectivity index (χ0v) is 11.8. The number of carbonyl (C=O) groups is 1. The van der Waals surface area contributed by atoms with Crippen molar-refractivity contribution in [1.82, 2.24) is 0 Å². The van der Waals surface area contributed by atoms with Crippen molar-refractivity contribution in [1.29, 1.82) is 0 Å². The number of aromatic carboxylic acids is 1. The topological polar surface area (TPSA) is 75.3 Å². The Morgan fingerprint density at radius 2 is 2.20 bits per heavy atom. The van der Waals surface area contributed by atoms with Gasteiger partial charge < -0.3 is 16.2 Å². The van der Waals surface area contributed by atoms with Crippen LogP contribution >= 0.6 is 0 Å². The molecule has 2 aliphatic carbocycles. The molecule has 108 valence electrons. The minimum Gasteiger partial charge on any atom is -0.478 e. The van der Waals surface area contributed by atoms with Crippen molar-refractivity contribution < 1.29 is 9.90 Å². The molecule has 0 aliphatic heterocycles. The van der Waals surface area contributed by atoms with E-state index in [-0.39, 0.29) is 11.6 Å². The van der Waals surface area contributed by atoms with Gasteiger partial charge in [0.25, 0.3) is 0 Å². The molecule has 4 atom stereocenters. The number of rotatable bonds is 4. The van der Waals surface area contributed by atoms with E-state index >= 15 is 0 Å². The molecule has 1 aromatic carbocycles. The highest BCUT2D eigenvalue weighted by molar-refractivity contribution is 5.97. The summed E-state index contributed by atoms with van der Waals surface area (Å²) in [6.45, 7) is 2.16. The Bertz CT molecular complexity index is 529. The molecule has 4 N–H and O–H groups in total. The van der Waals surface area contributed by atoms with E-state index in [4.69, 9.17) is 5.73 Å². The summed E-state index contributed by atoms with van der Waals surface area (Å²) < 4.78 is 0. The number of hydrogen-bond donors (Lipinski definition) is 3. The van der Waals surface area contributed by atoms with Crippen molar-refractivity contribution in [3.63, 3.8) is 0 Å². The molecule has 2 bridgehead atoms. The zero-order chi connectivity index (χ0) is 14.3. The number of carboxylic acid groups (broad SMARTS) is 1. The number of nitrogens with two attached hydrogens (primary N) is 1. The number of fused-ring (bicyclic) bond motifs is 2. The first-order chi connectivity index (χ1) is 9.56. The summed E-state index contributed by atoms with van der Waals surface area (Å²) in [7, 11) is 0. The smallest absolute Gasteiger partial charge is 0.337 e. The Labute approximate surface area is 119 Å². The molecule has 2 fully saturated rings. The van der Waals surface area contributed by atoms with E-state index < -0.39 is 5.97 Å². The zero-order valence-electron chi connectivity index (χ0n) is 11.8. The van der Waals surface area contributed by atoms with Crippen LogP contribution < -0.4 is 11.1 Å². The van der Waals surface area contributed by atoms with Crippen LogP contribution in [0.2, 0.25) is 0 Å². The van der Waals surface area contributed by atoms with Gasteiger partial charge in [0, 0.05) is 6.04 Å².